The number of hydrogen-bond donors (Lipinski definition) is 1. The average Bonchev–Trinajstić information content (AvgIpc) is 2.53. The molecule has 1 unspecified atom stereocenters. The Morgan fingerprint density at radius 3 is 2.57 bits per heavy atom. The SMILES string of the molecule is CCc1c(OCc2ccccc2)c(=O)ccn1C(C)CC(=O)O. The van der Waals surface area contributed by atoms with Gasteiger partial charge in [0.15, 0.2) is 5.75 Å². The van der Waals surface area contributed by atoms with E-state index in [0.717, 1.165) is 11.3 Å². The topological polar surface area (TPSA) is 68.5 Å². The number of aromatic nitrogens is 1. The van der Waals surface area contributed by atoms with Gasteiger partial charge in [-0.3, -0.25) is 9.59 Å². The molecule has 0 bridgehead atoms. The molecule has 0 aliphatic heterocycles. The van der Waals surface area contributed by atoms with Crippen LogP contribution in [0, 0.1) is 0 Å². The Morgan fingerprint density at radius 2 is 1.96 bits per heavy atom. The van der Waals surface area contributed by atoms with Crippen molar-refractivity contribution in [1.82, 2.24) is 4.57 Å². The summed E-state index contributed by atoms with van der Waals surface area (Å²) in [4.78, 5) is 23.1. The largest absolute Gasteiger partial charge is 0.483 e. The number of nitrogens with zero attached hydrogens (tertiary/aromatic N) is 1. The van der Waals surface area contributed by atoms with Crippen molar-refractivity contribution in [3.05, 3.63) is 64.1 Å². The molecule has 1 atom stereocenters. The Kier molecular flexibility index (Phi) is 5.57. The summed E-state index contributed by atoms with van der Waals surface area (Å²) in [6, 6.07) is 10.8. The molecule has 0 saturated heterocycles. The Balaban J connectivity index is 2.30. The summed E-state index contributed by atoms with van der Waals surface area (Å²) in [6.07, 6.45) is 2.22. The maximum atomic E-state index is 12.2. The van der Waals surface area contributed by atoms with Gasteiger partial charge in [0, 0.05) is 18.3 Å². The molecule has 122 valence electrons. The lowest BCUT2D eigenvalue weighted by Crippen LogP contribution is -2.20. The highest BCUT2D eigenvalue weighted by molar-refractivity contribution is 5.67. The molecular weight excluding hydrogens is 294 g/mol. The Bertz CT molecular complexity index is 722. The first-order valence-electron chi connectivity index (χ1n) is 7.65. The van der Waals surface area contributed by atoms with Gasteiger partial charge in [0.1, 0.15) is 6.61 Å². The van der Waals surface area contributed by atoms with Crippen molar-refractivity contribution in [2.75, 3.05) is 0 Å². The maximum Gasteiger partial charge on any atom is 0.305 e. The minimum absolute atomic E-state index is 0.00596. The smallest absolute Gasteiger partial charge is 0.305 e. The minimum Gasteiger partial charge on any atom is -0.483 e. The molecular formula is C18H21NO4. The fourth-order valence-corrected chi connectivity index (χ4v) is 2.56. The first kappa shape index (κ1) is 16.8. The second-order valence-electron chi connectivity index (χ2n) is 5.44. The molecule has 2 aromatic rings. The second-order valence-corrected chi connectivity index (χ2v) is 5.44. The molecule has 0 amide bonds. The molecule has 0 radical (unpaired) electrons. The number of carboxylic acid groups (broad SMARTS) is 1. The highest BCUT2D eigenvalue weighted by Gasteiger charge is 2.17. The lowest BCUT2D eigenvalue weighted by molar-refractivity contribution is -0.137. The van der Waals surface area contributed by atoms with E-state index >= 15 is 0 Å². The summed E-state index contributed by atoms with van der Waals surface area (Å²) >= 11 is 0. The van der Waals surface area contributed by atoms with Crippen LogP contribution in [0.5, 0.6) is 5.75 Å². The van der Waals surface area contributed by atoms with Crippen LogP contribution in [0.1, 0.15) is 37.6 Å². The predicted molar refractivity (Wildman–Crippen MR) is 87.8 cm³/mol. The molecule has 2 rings (SSSR count). The van der Waals surface area contributed by atoms with Crippen LogP contribution >= 0.6 is 0 Å². The van der Waals surface area contributed by atoms with E-state index in [1.54, 1.807) is 6.20 Å². The van der Waals surface area contributed by atoms with Crippen molar-refractivity contribution in [3.8, 4) is 5.75 Å². The zero-order chi connectivity index (χ0) is 16.8. The van der Waals surface area contributed by atoms with Crippen LogP contribution in [0.25, 0.3) is 0 Å². The van der Waals surface area contributed by atoms with E-state index in [9.17, 15) is 9.59 Å². The maximum absolute atomic E-state index is 12.2. The van der Waals surface area contributed by atoms with E-state index < -0.39 is 5.97 Å². The molecule has 1 aromatic carbocycles. The Hall–Kier alpha value is -2.56. The Labute approximate surface area is 135 Å². The van der Waals surface area contributed by atoms with E-state index in [0.29, 0.717) is 18.8 Å². The van der Waals surface area contributed by atoms with Gasteiger partial charge in [-0.1, -0.05) is 37.3 Å². The normalized spacial score (nSPS) is 11.9. The zero-order valence-electron chi connectivity index (χ0n) is 13.4. The fraction of sp³-hybridized carbons (Fsp3) is 0.333. The van der Waals surface area contributed by atoms with Crippen LogP contribution in [0.15, 0.2) is 47.4 Å². The van der Waals surface area contributed by atoms with Crippen molar-refractivity contribution in [2.45, 2.75) is 39.3 Å². The lowest BCUT2D eigenvalue weighted by atomic mass is 10.1. The van der Waals surface area contributed by atoms with E-state index in [-0.39, 0.29) is 17.9 Å². The summed E-state index contributed by atoms with van der Waals surface area (Å²) in [6.45, 7) is 4.05. The van der Waals surface area contributed by atoms with Crippen LogP contribution in [-0.2, 0) is 17.8 Å². The monoisotopic (exact) mass is 315 g/mol. The summed E-state index contributed by atoms with van der Waals surface area (Å²) in [5.41, 5.74) is 1.52. The first-order chi connectivity index (χ1) is 11.0. The standard InChI is InChI=1S/C18H21NO4/c1-3-15-18(23-12-14-7-5-4-6-8-14)16(20)9-10-19(15)13(2)11-17(21)22/h4-10,13H,3,11-12H2,1-2H3,(H,21,22). The van der Waals surface area contributed by atoms with Gasteiger partial charge in [-0.15, -0.1) is 0 Å². The quantitative estimate of drug-likeness (QED) is 0.852. The van der Waals surface area contributed by atoms with Crippen molar-refractivity contribution < 1.29 is 14.6 Å². The molecule has 0 saturated carbocycles. The number of hydrogen-bond acceptors (Lipinski definition) is 3. The summed E-state index contributed by atoms with van der Waals surface area (Å²) in [7, 11) is 0. The molecule has 5 heteroatoms. The van der Waals surface area contributed by atoms with Crippen LogP contribution in [0.3, 0.4) is 0 Å². The zero-order valence-corrected chi connectivity index (χ0v) is 13.4. The van der Waals surface area contributed by atoms with Crippen molar-refractivity contribution in [1.29, 1.82) is 0 Å². The third kappa shape index (κ3) is 4.22. The van der Waals surface area contributed by atoms with Gasteiger partial charge < -0.3 is 14.4 Å². The fourth-order valence-electron chi connectivity index (χ4n) is 2.56. The number of pyridine rings is 1. The second kappa shape index (κ2) is 7.63. The summed E-state index contributed by atoms with van der Waals surface area (Å²) in [5.74, 6) is -0.568. The van der Waals surface area contributed by atoms with E-state index in [4.69, 9.17) is 9.84 Å². The van der Waals surface area contributed by atoms with Gasteiger partial charge >= 0.3 is 5.97 Å². The number of benzene rings is 1. The van der Waals surface area contributed by atoms with Gasteiger partial charge in [0.2, 0.25) is 5.43 Å². The van der Waals surface area contributed by atoms with Gasteiger partial charge in [-0.2, -0.15) is 0 Å². The number of carbonyl (C=O) groups is 1. The number of rotatable bonds is 7. The molecule has 0 fully saturated rings. The third-order valence-electron chi connectivity index (χ3n) is 3.69. The summed E-state index contributed by atoms with van der Waals surface area (Å²) < 4.78 is 7.58. The van der Waals surface area contributed by atoms with Crippen LogP contribution in [0.2, 0.25) is 0 Å². The molecule has 23 heavy (non-hydrogen) atoms. The van der Waals surface area contributed by atoms with E-state index in [1.165, 1.54) is 6.07 Å². The van der Waals surface area contributed by atoms with E-state index in [1.807, 2.05) is 48.7 Å². The molecule has 0 aliphatic rings. The van der Waals surface area contributed by atoms with Crippen LogP contribution < -0.4 is 10.2 Å². The third-order valence-corrected chi connectivity index (χ3v) is 3.69. The molecule has 1 aromatic heterocycles. The predicted octanol–water partition coefficient (Wildman–Crippen LogP) is 3.03. The highest BCUT2D eigenvalue weighted by atomic mass is 16.5. The summed E-state index contributed by atoms with van der Waals surface area (Å²) in [5, 5.41) is 8.98. The van der Waals surface area contributed by atoms with Crippen molar-refractivity contribution >= 4 is 5.97 Å². The van der Waals surface area contributed by atoms with Gasteiger partial charge in [-0.25, -0.2) is 0 Å². The molecule has 5 nitrogen and oxygen atoms in total. The molecule has 1 N–H and O–H groups in total. The first-order valence-corrected chi connectivity index (χ1v) is 7.65. The van der Waals surface area contributed by atoms with Gasteiger partial charge in [0.25, 0.3) is 0 Å². The van der Waals surface area contributed by atoms with Gasteiger partial charge in [-0.05, 0) is 18.9 Å². The number of ether oxygens (including phenoxy) is 1. The van der Waals surface area contributed by atoms with E-state index in [2.05, 4.69) is 0 Å². The number of carboxylic acids is 1. The highest BCUT2D eigenvalue weighted by Crippen LogP contribution is 2.21. The molecule has 0 aliphatic carbocycles. The number of aliphatic carboxylic acids is 1. The van der Waals surface area contributed by atoms with Crippen molar-refractivity contribution in [2.24, 2.45) is 0 Å². The minimum atomic E-state index is -0.870. The van der Waals surface area contributed by atoms with Crippen LogP contribution in [0.4, 0.5) is 0 Å². The molecule has 0 spiro atoms. The van der Waals surface area contributed by atoms with Crippen LogP contribution in [-0.4, -0.2) is 15.6 Å². The van der Waals surface area contributed by atoms with Crippen molar-refractivity contribution in [3.63, 3.8) is 0 Å². The lowest BCUT2D eigenvalue weighted by Gasteiger charge is -2.21. The average molecular weight is 315 g/mol. The van der Waals surface area contributed by atoms with Gasteiger partial charge in [0.05, 0.1) is 12.1 Å². The Morgan fingerprint density at radius 1 is 1.26 bits per heavy atom. The molecule has 1 heterocycles.